The number of anilines is 2. The number of sulfonamides is 1. The molecule has 2 aromatic carbocycles. The Balaban J connectivity index is 1.58. The highest BCUT2D eigenvalue weighted by atomic mass is 32.2. The number of rotatable bonds is 8. The van der Waals surface area contributed by atoms with Crippen LogP contribution in [0.25, 0.3) is 0 Å². The zero-order chi connectivity index (χ0) is 20.9. The molecule has 29 heavy (non-hydrogen) atoms. The van der Waals surface area contributed by atoms with Gasteiger partial charge in [-0.1, -0.05) is 30.3 Å². The molecule has 0 saturated carbocycles. The Hall–Kier alpha value is -3.24. The van der Waals surface area contributed by atoms with E-state index in [4.69, 9.17) is 5.73 Å². The Morgan fingerprint density at radius 1 is 1.03 bits per heavy atom. The quantitative estimate of drug-likeness (QED) is 0.505. The number of carbonyl (C=O) groups is 2. The summed E-state index contributed by atoms with van der Waals surface area (Å²) in [6.45, 7) is 0. The summed E-state index contributed by atoms with van der Waals surface area (Å²) in [6.07, 6.45) is 0.426. The standard InChI is InChI=1S/C19H18N4O4S2/c20-18(25)15-8-4-5-9-16(15)22-17(24)11-10-13-12-28-19(21-13)23-29(26,27)14-6-2-1-3-7-14/h1-9,12H,10-11H2,(H2,20,25)(H,21,23)(H,22,24). The number of para-hydroxylation sites is 1. The number of thiazole rings is 1. The Morgan fingerprint density at radius 2 is 1.72 bits per heavy atom. The molecule has 0 aliphatic heterocycles. The molecule has 150 valence electrons. The monoisotopic (exact) mass is 430 g/mol. The molecule has 0 spiro atoms. The minimum atomic E-state index is -3.71. The minimum Gasteiger partial charge on any atom is -0.366 e. The topological polar surface area (TPSA) is 131 Å². The maximum Gasteiger partial charge on any atom is 0.263 e. The second kappa shape index (κ2) is 8.84. The molecule has 8 nitrogen and oxygen atoms in total. The van der Waals surface area contributed by atoms with Crippen molar-refractivity contribution >= 4 is 44.0 Å². The van der Waals surface area contributed by atoms with Gasteiger partial charge < -0.3 is 11.1 Å². The number of hydrogen-bond acceptors (Lipinski definition) is 6. The van der Waals surface area contributed by atoms with Crippen LogP contribution in [-0.2, 0) is 21.2 Å². The van der Waals surface area contributed by atoms with Crippen molar-refractivity contribution in [3.63, 3.8) is 0 Å². The van der Waals surface area contributed by atoms with Gasteiger partial charge in [0.25, 0.3) is 15.9 Å². The fourth-order valence-corrected chi connectivity index (χ4v) is 4.52. The zero-order valence-corrected chi connectivity index (χ0v) is 16.8. The van der Waals surface area contributed by atoms with E-state index in [2.05, 4.69) is 15.0 Å². The summed E-state index contributed by atoms with van der Waals surface area (Å²) in [5, 5.41) is 4.57. The molecular weight excluding hydrogens is 412 g/mol. The summed E-state index contributed by atoms with van der Waals surface area (Å²) in [6, 6.07) is 14.5. The van der Waals surface area contributed by atoms with Crippen LogP contribution in [0.2, 0.25) is 0 Å². The molecule has 1 aromatic heterocycles. The van der Waals surface area contributed by atoms with Crippen molar-refractivity contribution in [1.82, 2.24) is 4.98 Å². The Bertz CT molecular complexity index is 1130. The van der Waals surface area contributed by atoms with Crippen molar-refractivity contribution in [2.24, 2.45) is 5.73 Å². The number of primary amides is 1. The molecule has 2 amide bonds. The molecule has 0 atom stereocenters. The number of hydrogen-bond donors (Lipinski definition) is 3. The molecule has 0 radical (unpaired) electrons. The van der Waals surface area contributed by atoms with E-state index in [-0.39, 0.29) is 27.9 Å². The van der Waals surface area contributed by atoms with Gasteiger partial charge in [0.05, 0.1) is 21.8 Å². The van der Waals surface area contributed by atoms with Crippen LogP contribution in [0.1, 0.15) is 22.5 Å². The number of amides is 2. The number of nitrogens with zero attached hydrogens (tertiary/aromatic N) is 1. The number of carbonyl (C=O) groups excluding carboxylic acids is 2. The molecule has 0 unspecified atom stereocenters. The first-order chi connectivity index (χ1) is 13.8. The minimum absolute atomic E-state index is 0.113. The lowest BCUT2D eigenvalue weighted by Crippen LogP contribution is -2.18. The van der Waals surface area contributed by atoms with Crippen LogP contribution in [0, 0.1) is 0 Å². The molecule has 0 aliphatic rings. The molecule has 0 aliphatic carbocycles. The van der Waals surface area contributed by atoms with Crippen molar-refractivity contribution < 1.29 is 18.0 Å². The first kappa shape index (κ1) is 20.5. The summed E-state index contributed by atoms with van der Waals surface area (Å²) in [5.41, 5.74) is 6.45. The molecule has 10 heteroatoms. The largest absolute Gasteiger partial charge is 0.366 e. The van der Waals surface area contributed by atoms with E-state index in [1.54, 1.807) is 41.8 Å². The third-order valence-corrected chi connectivity index (χ3v) is 6.19. The van der Waals surface area contributed by atoms with Gasteiger partial charge in [0.2, 0.25) is 5.91 Å². The second-order valence-electron chi connectivity index (χ2n) is 6.02. The third kappa shape index (κ3) is 5.39. The molecule has 0 bridgehead atoms. The summed E-state index contributed by atoms with van der Waals surface area (Å²) in [4.78, 5) is 28.0. The summed E-state index contributed by atoms with van der Waals surface area (Å²) < 4.78 is 27.1. The first-order valence-electron chi connectivity index (χ1n) is 8.56. The average Bonchev–Trinajstić information content (AvgIpc) is 3.14. The van der Waals surface area contributed by atoms with Crippen LogP contribution in [0.5, 0.6) is 0 Å². The Kier molecular flexibility index (Phi) is 6.25. The van der Waals surface area contributed by atoms with Gasteiger partial charge in [-0.15, -0.1) is 11.3 Å². The van der Waals surface area contributed by atoms with Crippen molar-refractivity contribution in [2.75, 3.05) is 10.0 Å². The molecule has 0 fully saturated rings. The van der Waals surface area contributed by atoms with Crippen molar-refractivity contribution in [3.8, 4) is 0 Å². The zero-order valence-electron chi connectivity index (χ0n) is 15.2. The molecule has 0 saturated heterocycles. The van der Waals surface area contributed by atoms with Gasteiger partial charge in [-0.2, -0.15) is 0 Å². The fourth-order valence-electron chi connectivity index (χ4n) is 2.50. The Morgan fingerprint density at radius 3 is 2.45 bits per heavy atom. The van der Waals surface area contributed by atoms with E-state index < -0.39 is 15.9 Å². The highest BCUT2D eigenvalue weighted by molar-refractivity contribution is 7.93. The van der Waals surface area contributed by atoms with Gasteiger partial charge in [-0.25, -0.2) is 13.4 Å². The van der Waals surface area contributed by atoms with Crippen LogP contribution in [0.15, 0.2) is 64.9 Å². The van der Waals surface area contributed by atoms with E-state index in [9.17, 15) is 18.0 Å². The van der Waals surface area contributed by atoms with E-state index in [0.29, 0.717) is 17.8 Å². The van der Waals surface area contributed by atoms with Crippen LogP contribution >= 0.6 is 11.3 Å². The smallest absolute Gasteiger partial charge is 0.263 e. The number of aromatic nitrogens is 1. The van der Waals surface area contributed by atoms with E-state index >= 15 is 0 Å². The van der Waals surface area contributed by atoms with Crippen molar-refractivity contribution in [2.45, 2.75) is 17.7 Å². The number of benzene rings is 2. The van der Waals surface area contributed by atoms with Crippen LogP contribution in [0.3, 0.4) is 0 Å². The van der Waals surface area contributed by atoms with E-state index in [1.807, 2.05) is 0 Å². The van der Waals surface area contributed by atoms with Crippen LogP contribution in [-0.4, -0.2) is 25.2 Å². The summed E-state index contributed by atoms with van der Waals surface area (Å²) >= 11 is 1.14. The normalized spacial score (nSPS) is 11.0. The highest BCUT2D eigenvalue weighted by Gasteiger charge is 2.16. The van der Waals surface area contributed by atoms with Crippen LogP contribution in [0.4, 0.5) is 10.8 Å². The SMILES string of the molecule is NC(=O)c1ccccc1NC(=O)CCc1csc(NS(=O)(=O)c2ccccc2)n1. The number of nitrogens with two attached hydrogens (primary N) is 1. The predicted octanol–water partition coefficient (Wildman–Crippen LogP) is 2.61. The molecule has 4 N–H and O–H groups in total. The maximum absolute atomic E-state index is 12.3. The maximum atomic E-state index is 12.3. The molecule has 3 aromatic rings. The van der Waals surface area contributed by atoms with E-state index in [1.165, 1.54) is 18.2 Å². The molecule has 1 heterocycles. The van der Waals surface area contributed by atoms with Crippen LogP contribution < -0.4 is 15.8 Å². The summed E-state index contributed by atoms with van der Waals surface area (Å²) in [5.74, 6) is -0.936. The van der Waals surface area contributed by atoms with Gasteiger partial charge in [-0.05, 0) is 30.7 Å². The van der Waals surface area contributed by atoms with Gasteiger partial charge in [0.1, 0.15) is 0 Å². The first-order valence-corrected chi connectivity index (χ1v) is 10.9. The van der Waals surface area contributed by atoms with Gasteiger partial charge in [-0.3, -0.25) is 14.3 Å². The third-order valence-electron chi connectivity index (χ3n) is 3.90. The van der Waals surface area contributed by atoms with Gasteiger partial charge in [0.15, 0.2) is 5.13 Å². The van der Waals surface area contributed by atoms with E-state index in [0.717, 1.165) is 11.3 Å². The fraction of sp³-hybridized carbons (Fsp3) is 0.105. The lowest BCUT2D eigenvalue weighted by molar-refractivity contribution is -0.116. The molecular formula is C19H18N4O4S2. The average molecular weight is 431 g/mol. The molecule has 3 rings (SSSR count). The predicted molar refractivity (Wildman–Crippen MR) is 111 cm³/mol. The lowest BCUT2D eigenvalue weighted by Gasteiger charge is -2.08. The lowest BCUT2D eigenvalue weighted by atomic mass is 10.1. The second-order valence-corrected chi connectivity index (χ2v) is 8.56. The number of aryl methyl sites for hydroxylation is 1. The Labute approximate surface area is 171 Å². The summed E-state index contributed by atoms with van der Waals surface area (Å²) in [7, 11) is -3.71. The number of nitrogens with one attached hydrogen (secondary N) is 2. The van der Waals surface area contributed by atoms with Crippen molar-refractivity contribution in [1.29, 1.82) is 0 Å². The highest BCUT2D eigenvalue weighted by Crippen LogP contribution is 2.21. The van der Waals surface area contributed by atoms with Gasteiger partial charge >= 0.3 is 0 Å². The van der Waals surface area contributed by atoms with Crippen molar-refractivity contribution in [3.05, 3.63) is 71.2 Å². The van der Waals surface area contributed by atoms with Gasteiger partial charge in [0, 0.05) is 11.8 Å².